The summed E-state index contributed by atoms with van der Waals surface area (Å²) in [6.45, 7) is 4.34. The van der Waals surface area contributed by atoms with Crippen LogP contribution in [0.4, 0.5) is 0 Å². The van der Waals surface area contributed by atoms with E-state index in [0.717, 1.165) is 6.42 Å². The highest BCUT2D eigenvalue weighted by Crippen LogP contribution is 2.29. The molecule has 0 aliphatic heterocycles. The average Bonchev–Trinajstić information content (AvgIpc) is 2.20. The first-order valence-electron chi connectivity index (χ1n) is 5.05. The Hall–Kier alpha value is -1.30. The molecule has 0 nitrogen and oxygen atoms in total. The molecule has 2 rings (SSSR count). The Bertz CT molecular complexity index is 394. The summed E-state index contributed by atoms with van der Waals surface area (Å²) in [4.78, 5) is 0. The van der Waals surface area contributed by atoms with E-state index < -0.39 is 0 Å². The van der Waals surface area contributed by atoms with Gasteiger partial charge in [0.25, 0.3) is 0 Å². The van der Waals surface area contributed by atoms with Crippen LogP contribution in [0.25, 0.3) is 5.57 Å². The van der Waals surface area contributed by atoms with E-state index in [1.807, 2.05) is 0 Å². The molecule has 0 saturated carbocycles. The molecule has 1 aliphatic carbocycles. The maximum atomic E-state index is 2.30. The number of rotatable bonds is 1. The summed E-state index contributed by atoms with van der Waals surface area (Å²) >= 11 is 0. The third-order valence-corrected chi connectivity index (χ3v) is 2.69. The van der Waals surface area contributed by atoms with Gasteiger partial charge in [0.1, 0.15) is 0 Å². The van der Waals surface area contributed by atoms with E-state index in [0.29, 0.717) is 0 Å². The second kappa shape index (κ2) is 3.83. The lowest BCUT2D eigenvalue weighted by Gasteiger charge is -2.15. The molecule has 0 bridgehead atoms. The molecule has 1 aromatic carbocycles. The fourth-order valence-corrected chi connectivity index (χ4v) is 1.88. The van der Waals surface area contributed by atoms with E-state index in [1.54, 1.807) is 0 Å². The second-order valence-corrected chi connectivity index (χ2v) is 3.75. The first kappa shape index (κ1) is 9.26. The van der Waals surface area contributed by atoms with Crippen molar-refractivity contribution >= 4 is 5.57 Å². The van der Waals surface area contributed by atoms with Gasteiger partial charge in [0.15, 0.2) is 0 Å². The molecule has 0 aromatic heterocycles. The molecule has 0 fully saturated rings. The quantitative estimate of drug-likeness (QED) is 0.618. The first-order chi connectivity index (χ1) is 6.79. The van der Waals surface area contributed by atoms with Crippen molar-refractivity contribution in [2.75, 3.05) is 0 Å². The lowest BCUT2D eigenvalue weighted by atomic mass is 9.90. The average molecular weight is 183 g/mol. The molecule has 71 valence electrons. The Labute approximate surface area is 86.0 Å². The molecule has 1 aliphatic rings. The summed E-state index contributed by atoms with van der Waals surface area (Å²) in [5.74, 6) is 0. The summed E-state index contributed by atoms with van der Waals surface area (Å²) in [5.41, 5.74) is 5.49. The van der Waals surface area contributed by atoms with Gasteiger partial charge in [-0.2, -0.15) is 0 Å². The third-order valence-electron chi connectivity index (χ3n) is 2.69. The smallest absolute Gasteiger partial charge is 0.00465 e. The second-order valence-electron chi connectivity index (χ2n) is 3.75. The van der Waals surface area contributed by atoms with E-state index >= 15 is 0 Å². The van der Waals surface area contributed by atoms with E-state index in [4.69, 9.17) is 0 Å². The van der Waals surface area contributed by atoms with Crippen LogP contribution in [-0.4, -0.2) is 0 Å². The Kier molecular flexibility index (Phi) is 2.53. The number of hydrogen-bond donors (Lipinski definition) is 0. The van der Waals surface area contributed by atoms with E-state index in [9.17, 15) is 0 Å². The van der Waals surface area contributed by atoms with Crippen molar-refractivity contribution in [3.8, 4) is 0 Å². The maximum Gasteiger partial charge on any atom is -0.00465 e. The van der Waals surface area contributed by atoms with Crippen molar-refractivity contribution in [3.05, 3.63) is 59.5 Å². The molecule has 1 radical (unpaired) electrons. The normalized spacial score (nSPS) is 16.1. The van der Waals surface area contributed by atoms with Crippen LogP contribution in [0.15, 0.2) is 42.0 Å². The molecular formula is C14H15. The zero-order valence-corrected chi connectivity index (χ0v) is 8.75. The topological polar surface area (TPSA) is 0 Å². The molecule has 0 saturated heterocycles. The molecule has 0 heterocycles. The molecule has 0 heteroatoms. The molecule has 1 aromatic rings. The largest absolute Gasteiger partial charge is 0.0836 e. The van der Waals surface area contributed by atoms with Gasteiger partial charge in [0.2, 0.25) is 0 Å². The molecule has 0 spiro atoms. The summed E-state index contributed by atoms with van der Waals surface area (Å²) < 4.78 is 0. The van der Waals surface area contributed by atoms with Crippen LogP contribution < -0.4 is 0 Å². The number of aryl methyl sites for hydroxylation is 1. The van der Waals surface area contributed by atoms with Gasteiger partial charge in [-0.15, -0.1) is 0 Å². The first-order valence-corrected chi connectivity index (χ1v) is 5.05. The Morgan fingerprint density at radius 2 is 1.86 bits per heavy atom. The van der Waals surface area contributed by atoms with Crippen molar-refractivity contribution < 1.29 is 0 Å². The third kappa shape index (κ3) is 1.65. The highest BCUT2D eigenvalue weighted by Gasteiger charge is 2.09. The fraction of sp³-hybridized carbons (Fsp3) is 0.214. The summed E-state index contributed by atoms with van der Waals surface area (Å²) in [5, 5.41) is 0. The van der Waals surface area contributed by atoms with Crippen LogP contribution in [0.3, 0.4) is 0 Å². The van der Waals surface area contributed by atoms with Crippen molar-refractivity contribution in [1.82, 2.24) is 0 Å². The standard InChI is InChI=1S/C14H15/c1-11-7-3-5-9-13(11)14-10-6-4-8-12(14)2/h3-5,7-10H,6H2,1-2H3. The predicted molar refractivity (Wildman–Crippen MR) is 61.8 cm³/mol. The highest BCUT2D eigenvalue weighted by molar-refractivity contribution is 5.79. The lowest BCUT2D eigenvalue weighted by Crippen LogP contribution is -1.95. The van der Waals surface area contributed by atoms with E-state index in [2.05, 4.69) is 56.7 Å². The summed E-state index contributed by atoms with van der Waals surface area (Å²) in [6, 6.07) is 8.56. The van der Waals surface area contributed by atoms with Gasteiger partial charge in [-0.05, 0) is 49.0 Å². The van der Waals surface area contributed by atoms with Gasteiger partial charge in [-0.1, -0.05) is 36.4 Å². The SMILES string of the molecule is CC1=C(c2ccccc2C)[CH]CC=C1. The lowest BCUT2D eigenvalue weighted by molar-refractivity contribution is 1.23. The minimum absolute atomic E-state index is 1.06. The summed E-state index contributed by atoms with van der Waals surface area (Å²) in [6.07, 6.45) is 7.78. The fourth-order valence-electron chi connectivity index (χ4n) is 1.88. The van der Waals surface area contributed by atoms with Crippen LogP contribution in [0, 0.1) is 13.3 Å². The predicted octanol–water partition coefficient (Wildman–Crippen LogP) is 3.93. The van der Waals surface area contributed by atoms with Crippen LogP contribution in [0.5, 0.6) is 0 Å². The summed E-state index contributed by atoms with van der Waals surface area (Å²) in [7, 11) is 0. The van der Waals surface area contributed by atoms with E-state index in [1.165, 1.54) is 22.3 Å². The Balaban J connectivity index is 2.49. The van der Waals surface area contributed by atoms with Crippen LogP contribution in [0.1, 0.15) is 24.5 Å². The number of hydrogen-bond acceptors (Lipinski definition) is 0. The Morgan fingerprint density at radius 3 is 2.57 bits per heavy atom. The Morgan fingerprint density at radius 1 is 1.07 bits per heavy atom. The highest BCUT2D eigenvalue weighted by atomic mass is 14.1. The van der Waals surface area contributed by atoms with Gasteiger partial charge < -0.3 is 0 Å². The molecular weight excluding hydrogens is 168 g/mol. The minimum atomic E-state index is 1.06. The van der Waals surface area contributed by atoms with Gasteiger partial charge in [0, 0.05) is 0 Å². The van der Waals surface area contributed by atoms with Gasteiger partial charge in [0.05, 0.1) is 0 Å². The van der Waals surface area contributed by atoms with Crippen molar-refractivity contribution in [3.63, 3.8) is 0 Å². The van der Waals surface area contributed by atoms with Crippen molar-refractivity contribution in [1.29, 1.82) is 0 Å². The van der Waals surface area contributed by atoms with Crippen molar-refractivity contribution in [2.24, 2.45) is 0 Å². The molecule has 14 heavy (non-hydrogen) atoms. The van der Waals surface area contributed by atoms with Crippen molar-refractivity contribution in [2.45, 2.75) is 20.3 Å². The molecule has 0 atom stereocenters. The number of allylic oxidation sites excluding steroid dienone is 4. The molecule has 0 N–H and O–H groups in total. The van der Waals surface area contributed by atoms with E-state index in [-0.39, 0.29) is 0 Å². The molecule has 0 amide bonds. The van der Waals surface area contributed by atoms with Gasteiger partial charge in [-0.25, -0.2) is 0 Å². The maximum absolute atomic E-state index is 2.30. The van der Waals surface area contributed by atoms with Crippen LogP contribution in [-0.2, 0) is 0 Å². The monoisotopic (exact) mass is 183 g/mol. The zero-order valence-electron chi connectivity index (χ0n) is 8.75. The van der Waals surface area contributed by atoms with Crippen LogP contribution >= 0.6 is 0 Å². The minimum Gasteiger partial charge on any atom is -0.0836 e. The molecule has 0 unspecified atom stereocenters. The van der Waals surface area contributed by atoms with Gasteiger partial charge in [-0.3, -0.25) is 0 Å². The number of benzene rings is 1. The van der Waals surface area contributed by atoms with Gasteiger partial charge >= 0.3 is 0 Å². The van der Waals surface area contributed by atoms with Crippen LogP contribution in [0.2, 0.25) is 0 Å². The zero-order chi connectivity index (χ0) is 9.97.